The van der Waals surface area contributed by atoms with Crippen molar-refractivity contribution in [3.05, 3.63) is 77.6 Å². The molecule has 5 nitrogen and oxygen atoms in total. The van der Waals surface area contributed by atoms with Gasteiger partial charge in [0.25, 0.3) is 0 Å². The smallest absolute Gasteiger partial charge is 0.240 e. The standard InChI is InChI=1S/C18H19N3O2S/c1-14-8-9-18(12-15(14)2)24(22,23)19-13-16-10-11-21(20-16)17-6-4-3-5-7-17/h3-12,19H,13H2,1-2H3. The van der Waals surface area contributed by atoms with Gasteiger partial charge < -0.3 is 0 Å². The van der Waals surface area contributed by atoms with Crippen LogP contribution in [-0.4, -0.2) is 18.2 Å². The van der Waals surface area contributed by atoms with Crippen molar-refractivity contribution in [1.29, 1.82) is 0 Å². The Balaban J connectivity index is 1.73. The Bertz CT molecular complexity index is 947. The molecule has 2 aromatic carbocycles. The van der Waals surface area contributed by atoms with Gasteiger partial charge >= 0.3 is 0 Å². The number of rotatable bonds is 5. The van der Waals surface area contributed by atoms with Crippen LogP contribution < -0.4 is 4.72 Å². The molecule has 0 saturated heterocycles. The lowest BCUT2D eigenvalue weighted by molar-refractivity contribution is 0.580. The molecule has 1 N–H and O–H groups in total. The van der Waals surface area contributed by atoms with E-state index in [1.54, 1.807) is 22.9 Å². The molecule has 0 radical (unpaired) electrons. The summed E-state index contributed by atoms with van der Waals surface area (Å²) in [4.78, 5) is 0.271. The molecule has 0 bridgehead atoms. The summed E-state index contributed by atoms with van der Waals surface area (Å²) in [5.41, 5.74) is 3.61. The van der Waals surface area contributed by atoms with Crippen LogP contribution >= 0.6 is 0 Å². The third kappa shape index (κ3) is 3.55. The SMILES string of the molecule is Cc1ccc(S(=O)(=O)NCc2ccn(-c3ccccc3)n2)cc1C. The molecule has 3 rings (SSSR count). The van der Waals surface area contributed by atoms with Crippen LogP contribution in [0.4, 0.5) is 0 Å². The first-order valence-electron chi connectivity index (χ1n) is 7.62. The van der Waals surface area contributed by atoms with Crippen LogP contribution in [0.15, 0.2) is 65.7 Å². The van der Waals surface area contributed by atoms with Gasteiger partial charge in [0.1, 0.15) is 0 Å². The Kier molecular flexibility index (Phi) is 4.51. The highest BCUT2D eigenvalue weighted by Crippen LogP contribution is 2.15. The third-order valence-corrected chi connectivity index (χ3v) is 5.30. The summed E-state index contributed by atoms with van der Waals surface area (Å²) in [5, 5.41) is 4.40. The molecule has 0 unspecified atom stereocenters. The zero-order valence-corrected chi connectivity index (χ0v) is 14.4. The Hall–Kier alpha value is -2.44. The number of sulfonamides is 1. The van der Waals surface area contributed by atoms with Crippen molar-refractivity contribution < 1.29 is 8.42 Å². The number of benzene rings is 2. The summed E-state index contributed by atoms with van der Waals surface area (Å²) in [6.07, 6.45) is 1.81. The second-order valence-electron chi connectivity index (χ2n) is 5.66. The highest BCUT2D eigenvalue weighted by atomic mass is 32.2. The summed E-state index contributed by atoms with van der Waals surface area (Å²) in [7, 11) is -3.55. The van der Waals surface area contributed by atoms with E-state index in [0.717, 1.165) is 16.8 Å². The fourth-order valence-electron chi connectivity index (χ4n) is 2.31. The molecular formula is C18H19N3O2S. The normalized spacial score (nSPS) is 11.6. The van der Waals surface area contributed by atoms with Crippen molar-refractivity contribution >= 4 is 10.0 Å². The van der Waals surface area contributed by atoms with Crippen LogP contribution in [0.5, 0.6) is 0 Å². The molecule has 124 valence electrons. The molecule has 3 aromatic rings. The third-order valence-electron chi connectivity index (χ3n) is 3.90. The van der Waals surface area contributed by atoms with Crippen molar-refractivity contribution in [2.75, 3.05) is 0 Å². The molecule has 1 heterocycles. The molecule has 0 atom stereocenters. The van der Waals surface area contributed by atoms with Gasteiger partial charge in [-0.25, -0.2) is 17.8 Å². The first-order valence-corrected chi connectivity index (χ1v) is 9.11. The molecule has 0 saturated carbocycles. The van der Waals surface area contributed by atoms with Gasteiger partial charge in [-0.05, 0) is 55.3 Å². The molecule has 0 fully saturated rings. The zero-order chi connectivity index (χ0) is 17.2. The fraction of sp³-hybridized carbons (Fsp3) is 0.167. The number of hydrogen-bond donors (Lipinski definition) is 1. The van der Waals surface area contributed by atoms with E-state index >= 15 is 0 Å². The van der Waals surface area contributed by atoms with Gasteiger partial charge in [0.15, 0.2) is 0 Å². The van der Waals surface area contributed by atoms with E-state index in [4.69, 9.17) is 0 Å². The van der Waals surface area contributed by atoms with Crippen LogP contribution in [0.1, 0.15) is 16.8 Å². The van der Waals surface area contributed by atoms with Crippen molar-refractivity contribution in [1.82, 2.24) is 14.5 Å². The Morgan fingerprint density at radius 2 is 1.75 bits per heavy atom. The maximum atomic E-state index is 12.4. The van der Waals surface area contributed by atoms with E-state index < -0.39 is 10.0 Å². The second-order valence-corrected chi connectivity index (χ2v) is 7.42. The number of nitrogens with one attached hydrogen (secondary N) is 1. The average Bonchev–Trinajstić information content (AvgIpc) is 3.05. The van der Waals surface area contributed by atoms with Gasteiger partial charge in [0.05, 0.1) is 22.8 Å². The zero-order valence-electron chi connectivity index (χ0n) is 13.6. The van der Waals surface area contributed by atoms with Crippen LogP contribution in [0, 0.1) is 13.8 Å². The van der Waals surface area contributed by atoms with Crippen LogP contribution in [0.3, 0.4) is 0 Å². The van der Waals surface area contributed by atoms with Crippen molar-refractivity contribution in [3.8, 4) is 5.69 Å². The fourth-order valence-corrected chi connectivity index (χ4v) is 3.40. The van der Waals surface area contributed by atoms with E-state index in [1.165, 1.54) is 0 Å². The van der Waals surface area contributed by atoms with Gasteiger partial charge in [-0.15, -0.1) is 0 Å². The van der Waals surface area contributed by atoms with Gasteiger partial charge in [0, 0.05) is 6.20 Å². The topological polar surface area (TPSA) is 64.0 Å². The van der Waals surface area contributed by atoms with Crippen molar-refractivity contribution in [2.45, 2.75) is 25.3 Å². The predicted octanol–water partition coefficient (Wildman–Crippen LogP) is 2.97. The van der Waals surface area contributed by atoms with E-state index in [1.807, 2.05) is 56.4 Å². The molecule has 0 aliphatic carbocycles. The van der Waals surface area contributed by atoms with E-state index in [2.05, 4.69) is 9.82 Å². The molecule has 1 aromatic heterocycles. The summed E-state index contributed by atoms with van der Waals surface area (Å²) in [5.74, 6) is 0. The highest BCUT2D eigenvalue weighted by molar-refractivity contribution is 7.89. The first kappa shape index (κ1) is 16.4. The predicted molar refractivity (Wildman–Crippen MR) is 93.5 cm³/mol. The minimum Gasteiger partial charge on any atom is -0.241 e. The molecule has 0 spiro atoms. The monoisotopic (exact) mass is 341 g/mol. The van der Waals surface area contributed by atoms with E-state index in [0.29, 0.717) is 5.69 Å². The minimum atomic E-state index is -3.55. The van der Waals surface area contributed by atoms with Gasteiger partial charge in [-0.2, -0.15) is 5.10 Å². The molecule has 0 aliphatic heterocycles. The number of aromatic nitrogens is 2. The summed E-state index contributed by atoms with van der Waals surface area (Å²) in [6, 6.07) is 16.6. The summed E-state index contributed by atoms with van der Waals surface area (Å²) >= 11 is 0. The Morgan fingerprint density at radius 1 is 1.00 bits per heavy atom. The maximum absolute atomic E-state index is 12.4. The van der Waals surface area contributed by atoms with Crippen molar-refractivity contribution in [2.24, 2.45) is 0 Å². The van der Waals surface area contributed by atoms with Gasteiger partial charge in [-0.1, -0.05) is 24.3 Å². The molecular weight excluding hydrogens is 322 g/mol. The lowest BCUT2D eigenvalue weighted by atomic mass is 10.1. The van der Waals surface area contributed by atoms with E-state index in [9.17, 15) is 8.42 Å². The summed E-state index contributed by atoms with van der Waals surface area (Å²) < 4.78 is 29.1. The Labute approximate surface area is 142 Å². The number of para-hydroxylation sites is 1. The number of aryl methyl sites for hydroxylation is 2. The minimum absolute atomic E-state index is 0.148. The van der Waals surface area contributed by atoms with Crippen molar-refractivity contribution in [3.63, 3.8) is 0 Å². The number of hydrogen-bond acceptors (Lipinski definition) is 3. The molecule has 6 heteroatoms. The molecule has 0 amide bonds. The maximum Gasteiger partial charge on any atom is 0.240 e. The van der Waals surface area contributed by atoms with Crippen LogP contribution in [0.25, 0.3) is 5.69 Å². The molecule has 0 aliphatic rings. The highest BCUT2D eigenvalue weighted by Gasteiger charge is 2.15. The lowest BCUT2D eigenvalue weighted by Crippen LogP contribution is -2.23. The van der Waals surface area contributed by atoms with E-state index in [-0.39, 0.29) is 11.4 Å². The molecule has 24 heavy (non-hydrogen) atoms. The number of nitrogens with zero attached hydrogens (tertiary/aromatic N) is 2. The summed E-state index contributed by atoms with van der Waals surface area (Å²) in [6.45, 7) is 4.00. The first-order chi connectivity index (χ1) is 11.5. The van der Waals surface area contributed by atoms with Crippen LogP contribution in [0.2, 0.25) is 0 Å². The van der Waals surface area contributed by atoms with Gasteiger partial charge in [-0.3, -0.25) is 0 Å². The Morgan fingerprint density at radius 3 is 2.46 bits per heavy atom. The van der Waals surface area contributed by atoms with Gasteiger partial charge in [0.2, 0.25) is 10.0 Å². The van der Waals surface area contributed by atoms with Crippen LogP contribution in [-0.2, 0) is 16.6 Å². The largest absolute Gasteiger partial charge is 0.241 e. The average molecular weight is 341 g/mol. The second kappa shape index (κ2) is 6.59. The quantitative estimate of drug-likeness (QED) is 0.776. The lowest BCUT2D eigenvalue weighted by Gasteiger charge is -2.07.